The summed E-state index contributed by atoms with van der Waals surface area (Å²) in [5, 5.41) is 4.08. The Morgan fingerprint density at radius 2 is 2.21 bits per heavy atom. The van der Waals surface area contributed by atoms with Crippen molar-refractivity contribution in [3.05, 3.63) is 42.6 Å². The molecule has 2 N–H and O–H groups in total. The molecule has 0 spiro atoms. The molecule has 5 nitrogen and oxygen atoms in total. The highest BCUT2D eigenvalue weighted by atomic mass is 16.2. The van der Waals surface area contributed by atoms with Gasteiger partial charge in [0.15, 0.2) is 0 Å². The number of aromatic amines is 1. The second-order valence-electron chi connectivity index (χ2n) is 6.60. The molecule has 1 fully saturated rings. The van der Waals surface area contributed by atoms with Gasteiger partial charge in [0, 0.05) is 35.8 Å². The van der Waals surface area contributed by atoms with Gasteiger partial charge in [0.2, 0.25) is 11.8 Å². The molecule has 4 rings (SSSR count). The van der Waals surface area contributed by atoms with Crippen LogP contribution in [0.1, 0.15) is 25.7 Å². The van der Waals surface area contributed by atoms with E-state index in [1.165, 1.54) is 0 Å². The van der Waals surface area contributed by atoms with Gasteiger partial charge in [-0.05, 0) is 49.4 Å². The van der Waals surface area contributed by atoms with Crippen LogP contribution in [0.25, 0.3) is 10.9 Å². The predicted molar refractivity (Wildman–Crippen MR) is 93.5 cm³/mol. The number of carbonyl (C=O) groups excluding carboxylic acids is 2. The molecule has 2 aliphatic rings. The summed E-state index contributed by atoms with van der Waals surface area (Å²) in [6.07, 6.45) is 9.52. The van der Waals surface area contributed by atoms with Crippen LogP contribution < -0.4 is 5.32 Å². The lowest BCUT2D eigenvalue weighted by Gasteiger charge is -2.41. The number of allylic oxidation sites excluding steroid dienone is 2. The van der Waals surface area contributed by atoms with Crippen LogP contribution >= 0.6 is 0 Å². The molecule has 124 valence electrons. The van der Waals surface area contributed by atoms with Crippen LogP contribution in [-0.2, 0) is 9.59 Å². The second-order valence-corrected chi connectivity index (χ2v) is 6.60. The maximum Gasteiger partial charge on any atom is 0.247 e. The van der Waals surface area contributed by atoms with Gasteiger partial charge in [0.05, 0.1) is 0 Å². The van der Waals surface area contributed by atoms with E-state index in [1.807, 2.05) is 30.5 Å². The number of carbonyl (C=O) groups is 2. The molecular weight excluding hydrogens is 302 g/mol. The average Bonchev–Trinajstić information content (AvgIpc) is 3.06. The molecule has 1 aliphatic carbocycles. The van der Waals surface area contributed by atoms with Crippen molar-refractivity contribution >= 4 is 28.4 Å². The summed E-state index contributed by atoms with van der Waals surface area (Å²) < 4.78 is 0. The third kappa shape index (κ3) is 2.70. The van der Waals surface area contributed by atoms with Crippen LogP contribution in [0, 0.1) is 5.92 Å². The number of H-pyrrole nitrogens is 1. The maximum absolute atomic E-state index is 12.9. The van der Waals surface area contributed by atoms with Crippen molar-refractivity contribution in [3.8, 4) is 0 Å². The molecule has 0 saturated carbocycles. The van der Waals surface area contributed by atoms with Gasteiger partial charge < -0.3 is 15.2 Å². The molecule has 24 heavy (non-hydrogen) atoms. The highest BCUT2D eigenvalue weighted by molar-refractivity contribution is 5.99. The summed E-state index contributed by atoms with van der Waals surface area (Å²) in [5.74, 6) is 0.222. The molecule has 1 saturated heterocycles. The first kappa shape index (κ1) is 15.0. The number of hydrogen-bond donors (Lipinski definition) is 2. The Labute approximate surface area is 140 Å². The molecule has 0 bridgehead atoms. The standard InChI is InChI=1S/C19H21N3O2/c23-17-9-11-22(17)18(13-4-2-1-3-5-13)19(24)21-15-6-7-16-14(12-15)8-10-20-16/h1-2,6-8,10,12-13,18,20H,3-5,9,11H2,(H,21,24)/t13-,18+/m1/s1. The van der Waals surface area contributed by atoms with Crippen molar-refractivity contribution in [2.45, 2.75) is 31.7 Å². The molecule has 1 aromatic carbocycles. The van der Waals surface area contributed by atoms with E-state index in [2.05, 4.69) is 22.5 Å². The van der Waals surface area contributed by atoms with E-state index in [-0.39, 0.29) is 23.8 Å². The van der Waals surface area contributed by atoms with Crippen LogP contribution in [-0.4, -0.2) is 34.3 Å². The van der Waals surface area contributed by atoms with Gasteiger partial charge in [-0.1, -0.05) is 12.2 Å². The smallest absolute Gasteiger partial charge is 0.247 e. The fraction of sp³-hybridized carbons (Fsp3) is 0.368. The van der Waals surface area contributed by atoms with Gasteiger partial charge in [0.1, 0.15) is 6.04 Å². The number of aromatic nitrogens is 1. The minimum atomic E-state index is -0.363. The van der Waals surface area contributed by atoms with E-state index < -0.39 is 0 Å². The zero-order valence-electron chi connectivity index (χ0n) is 13.5. The number of anilines is 1. The summed E-state index contributed by atoms with van der Waals surface area (Å²) in [7, 11) is 0. The number of nitrogens with zero attached hydrogens (tertiary/aromatic N) is 1. The Kier molecular flexibility index (Phi) is 3.84. The number of nitrogens with one attached hydrogen (secondary N) is 2. The zero-order chi connectivity index (χ0) is 16.5. The molecule has 1 aliphatic heterocycles. The van der Waals surface area contributed by atoms with E-state index in [0.29, 0.717) is 13.0 Å². The quantitative estimate of drug-likeness (QED) is 0.671. The van der Waals surface area contributed by atoms with Crippen LogP contribution in [0.4, 0.5) is 5.69 Å². The zero-order valence-corrected chi connectivity index (χ0v) is 13.5. The van der Waals surface area contributed by atoms with E-state index in [4.69, 9.17) is 0 Å². The summed E-state index contributed by atoms with van der Waals surface area (Å²) in [6, 6.07) is 7.43. The van der Waals surface area contributed by atoms with Gasteiger partial charge in [-0.2, -0.15) is 0 Å². The summed E-state index contributed by atoms with van der Waals surface area (Å²) in [6.45, 7) is 0.688. The average molecular weight is 323 g/mol. The van der Waals surface area contributed by atoms with Crippen molar-refractivity contribution in [2.24, 2.45) is 5.92 Å². The SMILES string of the molecule is O=C(Nc1ccc2[nH]ccc2c1)[C@H]([C@@H]1CC=CCC1)N1CCC1=O. The fourth-order valence-corrected chi connectivity index (χ4v) is 3.69. The minimum Gasteiger partial charge on any atom is -0.361 e. The summed E-state index contributed by atoms with van der Waals surface area (Å²) in [4.78, 5) is 29.8. The molecule has 5 heteroatoms. The summed E-state index contributed by atoms with van der Waals surface area (Å²) in [5.41, 5.74) is 1.82. The van der Waals surface area contributed by atoms with Gasteiger partial charge in [-0.3, -0.25) is 9.59 Å². The molecular formula is C19H21N3O2. The van der Waals surface area contributed by atoms with Crippen molar-refractivity contribution in [3.63, 3.8) is 0 Å². The second kappa shape index (κ2) is 6.15. The van der Waals surface area contributed by atoms with Gasteiger partial charge in [-0.25, -0.2) is 0 Å². The number of rotatable bonds is 4. The Morgan fingerprint density at radius 1 is 1.29 bits per heavy atom. The first-order valence-corrected chi connectivity index (χ1v) is 8.55. The fourth-order valence-electron chi connectivity index (χ4n) is 3.69. The van der Waals surface area contributed by atoms with Gasteiger partial charge in [0.25, 0.3) is 0 Å². The molecule has 2 amide bonds. The molecule has 0 radical (unpaired) electrons. The summed E-state index contributed by atoms with van der Waals surface area (Å²) >= 11 is 0. The van der Waals surface area contributed by atoms with Crippen molar-refractivity contribution < 1.29 is 9.59 Å². The number of fused-ring (bicyclic) bond motifs is 1. The Bertz CT molecular complexity index is 808. The number of hydrogen-bond acceptors (Lipinski definition) is 2. The number of amides is 2. The number of β-lactam (4-membered cyclic amide) rings is 1. The lowest BCUT2D eigenvalue weighted by Crippen LogP contribution is -2.57. The van der Waals surface area contributed by atoms with Crippen LogP contribution in [0.2, 0.25) is 0 Å². The minimum absolute atomic E-state index is 0.0711. The lowest BCUT2D eigenvalue weighted by molar-refractivity contribution is -0.149. The normalized spacial score (nSPS) is 21.6. The predicted octanol–water partition coefficient (Wildman–Crippen LogP) is 3.06. The Morgan fingerprint density at radius 3 is 2.92 bits per heavy atom. The first-order chi connectivity index (χ1) is 11.7. The van der Waals surface area contributed by atoms with E-state index >= 15 is 0 Å². The molecule has 0 unspecified atom stereocenters. The topological polar surface area (TPSA) is 65.2 Å². The van der Waals surface area contributed by atoms with Crippen molar-refractivity contribution in [2.75, 3.05) is 11.9 Å². The van der Waals surface area contributed by atoms with Crippen molar-refractivity contribution in [1.29, 1.82) is 0 Å². The largest absolute Gasteiger partial charge is 0.361 e. The van der Waals surface area contributed by atoms with Crippen LogP contribution in [0.5, 0.6) is 0 Å². The van der Waals surface area contributed by atoms with Crippen LogP contribution in [0.15, 0.2) is 42.6 Å². The van der Waals surface area contributed by atoms with E-state index in [1.54, 1.807) is 4.90 Å². The maximum atomic E-state index is 12.9. The van der Waals surface area contributed by atoms with E-state index in [9.17, 15) is 9.59 Å². The Hall–Kier alpha value is -2.56. The van der Waals surface area contributed by atoms with Gasteiger partial charge in [-0.15, -0.1) is 0 Å². The Balaban J connectivity index is 1.55. The lowest BCUT2D eigenvalue weighted by atomic mass is 9.85. The molecule has 1 aromatic heterocycles. The van der Waals surface area contributed by atoms with Crippen molar-refractivity contribution in [1.82, 2.24) is 9.88 Å². The highest BCUT2D eigenvalue weighted by Gasteiger charge is 2.40. The highest BCUT2D eigenvalue weighted by Crippen LogP contribution is 2.29. The van der Waals surface area contributed by atoms with Gasteiger partial charge >= 0.3 is 0 Å². The molecule has 2 heterocycles. The van der Waals surface area contributed by atoms with Crippen LogP contribution in [0.3, 0.4) is 0 Å². The first-order valence-electron chi connectivity index (χ1n) is 8.55. The van der Waals surface area contributed by atoms with E-state index in [0.717, 1.165) is 35.9 Å². The third-order valence-electron chi connectivity index (χ3n) is 5.07. The third-order valence-corrected chi connectivity index (χ3v) is 5.07. The number of benzene rings is 1. The molecule has 2 aromatic rings. The molecule has 2 atom stereocenters. The monoisotopic (exact) mass is 323 g/mol. The number of likely N-dealkylation sites (tertiary alicyclic amines) is 1.